The SMILES string of the molecule is CC(C)(C)OC(=O)NCCC[N+](C)(C)C/C=C/C1=C(C(=O)[O-])N2C(=O)[C@@H](N)[C@H]2SC1.I. The smallest absolute Gasteiger partial charge is 0.407 e. The third-order valence-corrected chi connectivity index (χ3v) is 6.08. The number of nitrogens with zero attached hydrogens (tertiary/aromatic N) is 2. The Morgan fingerprint density at radius 1 is 1.39 bits per heavy atom. The second kappa shape index (κ2) is 11.0. The highest BCUT2D eigenvalue weighted by atomic mass is 127. The maximum absolute atomic E-state index is 12.0. The number of amides is 2. The van der Waals surface area contributed by atoms with Gasteiger partial charge in [0.2, 0.25) is 5.91 Å². The number of nitrogens with one attached hydrogen (secondary N) is 1. The summed E-state index contributed by atoms with van der Waals surface area (Å²) in [5.41, 5.74) is 5.71. The minimum atomic E-state index is -1.36. The number of carboxylic acids is 1. The number of fused-ring (bicyclic) bond motifs is 1. The summed E-state index contributed by atoms with van der Waals surface area (Å²) in [6.45, 7) is 7.43. The molecule has 3 N–H and O–H groups in total. The first kappa shape index (κ1) is 27.7. The average molecular weight is 568 g/mol. The molecule has 0 aromatic heterocycles. The molecule has 11 heteroatoms. The number of thioether (sulfide) groups is 1. The van der Waals surface area contributed by atoms with Crippen LogP contribution in [-0.4, -0.2) is 83.9 Å². The van der Waals surface area contributed by atoms with Crippen molar-refractivity contribution in [1.82, 2.24) is 10.2 Å². The lowest BCUT2D eigenvalue weighted by Gasteiger charge is -2.49. The van der Waals surface area contributed by atoms with Crippen molar-refractivity contribution in [2.75, 3.05) is 39.5 Å². The van der Waals surface area contributed by atoms with Crippen LogP contribution in [0.4, 0.5) is 4.79 Å². The maximum atomic E-state index is 12.0. The summed E-state index contributed by atoms with van der Waals surface area (Å²) < 4.78 is 5.86. The minimum absolute atomic E-state index is 0. The summed E-state index contributed by atoms with van der Waals surface area (Å²) in [5, 5.41) is 14.0. The van der Waals surface area contributed by atoms with Crippen molar-refractivity contribution in [3.05, 3.63) is 23.4 Å². The van der Waals surface area contributed by atoms with Crippen molar-refractivity contribution in [2.24, 2.45) is 5.73 Å². The fourth-order valence-corrected chi connectivity index (χ4v) is 4.51. The standard InChI is InChI=1S/C20H32N4O5S.HI/c1-20(2,3)29-19(28)22-9-7-11-24(4,5)10-6-8-13-12-30-17-14(21)16(25)23(17)15(13)18(26)27;/h6,8,14,17H,7,9-12,21H2,1-5H3,(H-,22,26,27,28);1H/b8-6+;/t14-,17-;/m1./s1. The van der Waals surface area contributed by atoms with Crippen LogP contribution in [0.15, 0.2) is 23.4 Å². The zero-order valence-electron chi connectivity index (χ0n) is 18.7. The Balaban J connectivity index is 0.00000480. The number of aliphatic carboxylic acids is 1. The van der Waals surface area contributed by atoms with Gasteiger partial charge >= 0.3 is 6.09 Å². The highest BCUT2D eigenvalue weighted by Gasteiger charge is 2.49. The number of hydrogen-bond acceptors (Lipinski definition) is 7. The van der Waals surface area contributed by atoms with Crippen molar-refractivity contribution < 1.29 is 28.7 Å². The van der Waals surface area contributed by atoms with E-state index in [1.54, 1.807) is 6.08 Å². The largest absolute Gasteiger partial charge is 0.543 e. The fourth-order valence-electron chi connectivity index (χ4n) is 3.24. The normalized spacial score (nSPS) is 21.4. The number of quaternary nitrogens is 1. The van der Waals surface area contributed by atoms with Gasteiger partial charge in [0.25, 0.3) is 0 Å². The molecule has 0 saturated carbocycles. The number of carbonyl (C=O) groups excluding carboxylic acids is 3. The third-order valence-electron chi connectivity index (χ3n) is 4.76. The molecule has 31 heavy (non-hydrogen) atoms. The number of rotatable bonds is 8. The van der Waals surface area contributed by atoms with Crippen molar-refractivity contribution in [2.45, 2.75) is 44.2 Å². The van der Waals surface area contributed by atoms with Crippen molar-refractivity contribution in [1.29, 1.82) is 0 Å². The minimum Gasteiger partial charge on any atom is -0.543 e. The van der Waals surface area contributed by atoms with E-state index in [2.05, 4.69) is 19.4 Å². The van der Waals surface area contributed by atoms with E-state index in [0.717, 1.165) is 13.0 Å². The molecule has 0 spiro atoms. The van der Waals surface area contributed by atoms with Crippen LogP contribution < -0.4 is 16.2 Å². The van der Waals surface area contributed by atoms with Gasteiger partial charge in [0.05, 0.1) is 38.9 Å². The molecular weight excluding hydrogens is 535 g/mol. The highest BCUT2D eigenvalue weighted by Crippen LogP contribution is 2.39. The summed E-state index contributed by atoms with van der Waals surface area (Å²) in [6, 6.07) is -0.653. The van der Waals surface area contributed by atoms with Crippen molar-refractivity contribution in [3.8, 4) is 0 Å². The van der Waals surface area contributed by atoms with Gasteiger partial charge in [-0.1, -0.05) is 6.08 Å². The molecule has 1 saturated heterocycles. The van der Waals surface area contributed by atoms with Crippen LogP contribution in [0.1, 0.15) is 27.2 Å². The van der Waals surface area contributed by atoms with Crippen molar-refractivity contribution in [3.63, 3.8) is 0 Å². The van der Waals surface area contributed by atoms with Crippen LogP contribution in [0, 0.1) is 0 Å². The molecule has 0 aromatic carbocycles. The second-order valence-electron chi connectivity index (χ2n) is 9.12. The Morgan fingerprint density at radius 2 is 2.03 bits per heavy atom. The molecule has 2 heterocycles. The predicted octanol–water partition coefficient (Wildman–Crippen LogP) is 0.398. The van der Waals surface area contributed by atoms with Crippen LogP contribution in [0.25, 0.3) is 0 Å². The Labute approximate surface area is 205 Å². The number of halogens is 1. The lowest BCUT2D eigenvalue weighted by molar-refractivity contribution is -0.884. The average Bonchev–Trinajstić information content (AvgIpc) is 2.62. The number of nitrogens with two attached hydrogens (primary N) is 1. The van der Waals surface area contributed by atoms with Gasteiger partial charge < -0.3 is 30.2 Å². The van der Waals surface area contributed by atoms with Crippen LogP contribution in [0.5, 0.6) is 0 Å². The van der Waals surface area contributed by atoms with Crippen molar-refractivity contribution >= 4 is 53.7 Å². The Hall–Kier alpha value is -1.31. The van der Waals surface area contributed by atoms with E-state index in [1.165, 1.54) is 16.7 Å². The summed E-state index contributed by atoms with van der Waals surface area (Å²) >= 11 is 1.46. The first-order chi connectivity index (χ1) is 13.8. The molecule has 9 nitrogen and oxygen atoms in total. The molecule has 0 bridgehead atoms. The van der Waals surface area contributed by atoms with E-state index in [9.17, 15) is 19.5 Å². The molecule has 2 rings (SSSR count). The Kier molecular flexibility index (Phi) is 9.85. The third kappa shape index (κ3) is 7.65. The summed E-state index contributed by atoms with van der Waals surface area (Å²) in [5.74, 6) is -1.28. The molecule has 0 aliphatic carbocycles. The molecule has 1 fully saturated rings. The van der Waals surface area contributed by atoms with E-state index in [0.29, 0.717) is 28.9 Å². The first-order valence-electron chi connectivity index (χ1n) is 9.92. The molecule has 0 aromatic rings. The van der Waals surface area contributed by atoms with E-state index in [4.69, 9.17) is 10.5 Å². The molecule has 2 aliphatic heterocycles. The molecule has 0 unspecified atom stereocenters. The van der Waals surface area contributed by atoms with E-state index >= 15 is 0 Å². The van der Waals surface area contributed by atoms with Crippen LogP contribution in [0.3, 0.4) is 0 Å². The number of β-lactam (4-membered cyclic amide) rings is 1. The number of alkyl carbamates (subject to hydrolysis) is 1. The number of carbonyl (C=O) groups is 3. The van der Waals surface area contributed by atoms with Gasteiger partial charge in [-0.2, -0.15) is 0 Å². The van der Waals surface area contributed by atoms with Crippen LogP contribution >= 0.6 is 35.7 Å². The quantitative estimate of drug-likeness (QED) is 0.188. The van der Waals surface area contributed by atoms with Gasteiger partial charge in [0.15, 0.2) is 0 Å². The molecule has 2 atom stereocenters. The molecule has 2 amide bonds. The molecule has 176 valence electrons. The first-order valence-corrected chi connectivity index (χ1v) is 11.0. The van der Waals surface area contributed by atoms with Crippen LogP contribution in [0.2, 0.25) is 0 Å². The predicted molar refractivity (Wildman–Crippen MR) is 128 cm³/mol. The van der Waals surface area contributed by atoms with Gasteiger partial charge in [-0.15, -0.1) is 35.7 Å². The number of allylic oxidation sites excluding steroid dienone is 1. The lowest BCUT2D eigenvalue weighted by atomic mass is 10.0. The summed E-state index contributed by atoms with van der Waals surface area (Å²) in [7, 11) is 4.10. The summed E-state index contributed by atoms with van der Waals surface area (Å²) in [6.07, 6.45) is 4.00. The number of hydrogen-bond donors (Lipinski definition) is 2. The zero-order valence-corrected chi connectivity index (χ0v) is 21.8. The Morgan fingerprint density at radius 3 is 2.61 bits per heavy atom. The van der Waals surface area contributed by atoms with Gasteiger partial charge in [0.1, 0.15) is 17.0 Å². The number of carboxylic acid groups (broad SMARTS) is 1. The van der Waals surface area contributed by atoms with E-state index in [1.807, 2.05) is 26.8 Å². The fraction of sp³-hybridized carbons (Fsp3) is 0.650. The van der Waals surface area contributed by atoms with Gasteiger partial charge in [-0.25, -0.2) is 4.79 Å². The van der Waals surface area contributed by atoms with Crippen LogP contribution in [-0.2, 0) is 14.3 Å². The molecular formula is C20H33IN4O5S. The van der Waals surface area contributed by atoms with Gasteiger partial charge in [-0.3, -0.25) is 9.69 Å². The monoisotopic (exact) mass is 568 g/mol. The number of likely N-dealkylation sites (N-methyl/N-ethyl adjacent to an activating group) is 1. The Bertz CT molecular complexity index is 763. The number of ether oxygens (including phenoxy) is 1. The van der Waals surface area contributed by atoms with Gasteiger partial charge in [0, 0.05) is 18.7 Å². The lowest BCUT2D eigenvalue weighted by Crippen LogP contribution is -2.69. The maximum Gasteiger partial charge on any atom is 0.407 e. The molecule has 0 radical (unpaired) electrons. The van der Waals surface area contributed by atoms with E-state index < -0.39 is 23.7 Å². The highest BCUT2D eigenvalue weighted by molar-refractivity contribution is 14.0. The van der Waals surface area contributed by atoms with Gasteiger partial charge in [-0.05, 0) is 32.4 Å². The van der Waals surface area contributed by atoms with E-state index in [-0.39, 0.29) is 41.0 Å². The zero-order chi connectivity index (χ0) is 22.7. The molecule has 2 aliphatic rings. The topological polar surface area (TPSA) is 125 Å². The second-order valence-corrected chi connectivity index (χ2v) is 10.2. The summed E-state index contributed by atoms with van der Waals surface area (Å²) in [4.78, 5) is 36.4.